The highest BCUT2D eigenvalue weighted by Crippen LogP contribution is 2.32. The van der Waals surface area contributed by atoms with Crippen molar-refractivity contribution in [3.63, 3.8) is 0 Å². The zero-order valence-corrected chi connectivity index (χ0v) is 9.58. The first-order valence-corrected chi connectivity index (χ1v) is 5.13. The normalized spacial score (nSPS) is 26.2. The summed E-state index contributed by atoms with van der Waals surface area (Å²) >= 11 is 0. The predicted molar refractivity (Wildman–Crippen MR) is 57.0 cm³/mol. The first-order valence-electron chi connectivity index (χ1n) is 5.13. The van der Waals surface area contributed by atoms with Crippen molar-refractivity contribution in [3.05, 3.63) is 23.9 Å². The van der Waals surface area contributed by atoms with Gasteiger partial charge in [0.05, 0.1) is 14.2 Å². The van der Waals surface area contributed by atoms with E-state index in [4.69, 9.17) is 4.74 Å². The van der Waals surface area contributed by atoms with Gasteiger partial charge in [-0.2, -0.15) is 0 Å². The lowest BCUT2D eigenvalue weighted by atomic mass is 10.1. The van der Waals surface area contributed by atoms with E-state index < -0.39 is 12.2 Å². The van der Waals surface area contributed by atoms with Gasteiger partial charge in [-0.1, -0.05) is 6.08 Å². The summed E-state index contributed by atoms with van der Waals surface area (Å²) in [5, 5.41) is 0. The zero-order chi connectivity index (χ0) is 12.4. The minimum absolute atomic E-state index is 0.251. The van der Waals surface area contributed by atoms with Gasteiger partial charge < -0.3 is 14.2 Å². The average Bonchev–Trinajstić information content (AvgIpc) is 3.17. The third-order valence-electron chi connectivity index (χ3n) is 2.63. The summed E-state index contributed by atoms with van der Waals surface area (Å²) < 4.78 is 14.4. The molecule has 2 aliphatic heterocycles. The van der Waals surface area contributed by atoms with Crippen LogP contribution in [0.4, 0.5) is 4.79 Å². The molecule has 0 bridgehead atoms. The molecule has 0 radical (unpaired) electrons. The van der Waals surface area contributed by atoms with Gasteiger partial charge in [0.15, 0.2) is 6.10 Å². The molecule has 17 heavy (non-hydrogen) atoms. The predicted octanol–water partition coefficient (Wildman–Crippen LogP) is 0.449. The molecular weight excluding hydrogens is 226 g/mol. The van der Waals surface area contributed by atoms with Crippen LogP contribution in [0.25, 0.3) is 0 Å². The van der Waals surface area contributed by atoms with Crippen molar-refractivity contribution in [3.8, 4) is 0 Å². The van der Waals surface area contributed by atoms with Crippen molar-refractivity contribution in [2.45, 2.75) is 12.2 Å². The molecule has 2 atom stereocenters. The van der Waals surface area contributed by atoms with E-state index in [9.17, 15) is 9.59 Å². The summed E-state index contributed by atoms with van der Waals surface area (Å²) in [5.41, 5.74) is 0.876. The molecular formula is C11H13NO5. The summed E-state index contributed by atoms with van der Waals surface area (Å²) in [6.07, 6.45) is 3.98. The van der Waals surface area contributed by atoms with Crippen molar-refractivity contribution < 1.29 is 23.8 Å². The van der Waals surface area contributed by atoms with Gasteiger partial charge in [-0.3, -0.25) is 4.90 Å². The minimum Gasteiger partial charge on any atom is -0.467 e. The van der Waals surface area contributed by atoms with E-state index >= 15 is 0 Å². The summed E-state index contributed by atoms with van der Waals surface area (Å²) in [5.74, 6) is -0.375. The third kappa shape index (κ3) is 2.31. The van der Waals surface area contributed by atoms with Gasteiger partial charge in [0.1, 0.15) is 6.10 Å². The number of esters is 1. The molecule has 6 nitrogen and oxygen atoms in total. The average molecular weight is 239 g/mol. The molecule has 0 unspecified atom stereocenters. The molecule has 1 amide bonds. The van der Waals surface area contributed by atoms with Crippen LogP contribution in [0.5, 0.6) is 0 Å². The fraction of sp³-hybridized carbons (Fsp3) is 0.455. The summed E-state index contributed by atoms with van der Waals surface area (Å²) in [6, 6.07) is 0. The van der Waals surface area contributed by atoms with Gasteiger partial charge in [-0.05, 0) is 11.6 Å². The number of rotatable bonds is 2. The molecule has 0 saturated carbocycles. The molecule has 2 heterocycles. The highest BCUT2D eigenvalue weighted by Gasteiger charge is 2.48. The monoisotopic (exact) mass is 239 g/mol. The first-order chi connectivity index (χ1) is 8.17. The van der Waals surface area contributed by atoms with Gasteiger partial charge in [-0.25, -0.2) is 9.59 Å². The van der Waals surface area contributed by atoms with Crippen LogP contribution in [-0.2, 0) is 19.0 Å². The van der Waals surface area contributed by atoms with Crippen LogP contribution >= 0.6 is 0 Å². The summed E-state index contributed by atoms with van der Waals surface area (Å²) in [6.45, 7) is 0.409. The topological polar surface area (TPSA) is 68.4 Å². The minimum atomic E-state index is -0.513. The van der Waals surface area contributed by atoms with E-state index in [1.54, 1.807) is 12.3 Å². The highest BCUT2D eigenvalue weighted by molar-refractivity contribution is 5.79. The molecule has 0 aliphatic carbocycles. The standard InChI is InChI=1S/C11H13NO5/c1-15-10(13)9-8(17-9)7-3-5-12(6-4-7)11(14)16-2/h3-5,8-9H,6H2,1-2H3/t8-,9+/m0/s1. The Balaban J connectivity index is 1.91. The Bertz CT molecular complexity index is 401. The van der Waals surface area contributed by atoms with Crippen molar-refractivity contribution in [1.29, 1.82) is 0 Å². The number of carbonyl (C=O) groups excluding carboxylic acids is 2. The van der Waals surface area contributed by atoms with Crippen molar-refractivity contribution in [1.82, 2.24) is 4.90 Å². The number of epoxide rings is 1. The number of ether oxygens (including phenoxy) is 3. The van der Waals surface area contributed by atoms with Crippen LogP contribution in [0, 0.1) is 0 Å². The van der Waals surface area contributed by atoms with Gasteiger partial charge in [0.2, 0.25) is 0 Å². The third-order valence-corrected chi connectivity index (χ3v) is 2.63. The molecule has 6 heteroatoms. The lowest BCUT2D eigenvalue weighted by molar-refractivity contribution is -0.142. The van der Waals surface area contributed by atoms with E-state index in [1.165, 1.54) is 19.1 Å². The van der Waals surface area contributed by atoms with Crippen LogP contribution in [0.15, 0.2) is 23.9 Å². The SMILES string of the molecule is COC(=O)[C@@H]1O[C@H]1C1=CCN(C(=O)OC)C=C1. The van der Waals surface area contributed by atoms with Crippen molar-refractivity contribution in [2.24, 2.45) is 0 Å². The van der Waals surface area contributed by atoms with Crippen LogP contribution in [0.3, 0.4) is 0 Å². The molecule has 2 aliphatic rings. The quantitative estimate of drug-likeness (QED) is 0.517. The van der Waals surface area contributed by atoms with Crippen LogP contribution in [0.2, 0.25) is 0 Å². The van der Waals surface area contributed by atoms with E-state index in [0.717, 1.165) is 5.57 Å². The number of amides is 1. The number of carbonyl (C=O) groups is 2. The van der Waals surface area contributed by atoms with E-state index in [0.29, 0.717) is 6.54 Å². The molecule has 0 aromatic rings. The van der Waals surface area contributed by atoms with Gasteiger partial charge in [-0.15, -0.1) is 0 Å². The van der Waals surface area contributed by atoms with Gasteiger partial charge >= 0.3 is 12.1 Å². The fourth-order valence-electron chi connectivity index (χ4n) is 1.63. The molecule has 0 aromatic heterocycles. The smallest absolute Gasteiger partial charge is 0.413 e. The maximum atomic E-state index is 11.2. The second-order valence-electron chi connectivity index (χ2n) is 3.64. The Kier molecular flexibility index (Phi) is 3.14. The lowest BCUT2D eigenvalue weighted by Crippen LogP contribution is -2.28. The second-order valence-corrected chi connectivity index (χ2v) is 3.64. The van der Waals surface area contributed by atoms with E-state index in [1.807, 2.05) is 6.08 Å². The Morgan fingerprint density at radius 1 is 1.41 bits per heavy atom. The van der Waals surface area contributed by atoms with E-state index in [-0.39, 0.29) is 12.1 Å². The summed E-state index contributed by atoms with van der Waals surface area (Å²) in [7, 11) is 2.65. The first kappa shape index (κ1) is 11.7. The van der Waals surface area contributed by atoms with Crippen LogP contribution < -0.4 is 0 Å². The number of hydrogen-bond donors (Lipinski definition) is 0. The maximum Gasteiger partial charge on any atom is 0.413 e. The highest BCUT2D eigenvalue weighted by atomic mass is 16.6. The van der Waals surface area contributed by atoms with Crippen molar-refractivity contribution >= 4 is 12.1 Å². The van der Waals surface area contributed by atoms with Crippen LogP contribution in [-0.4, -0.2) is 49.9 Å². The molecule has 0 spiro atoms. The molecule has 1 fully saturated rings. The Morgan fingerprint density at radius 3 is 2.71 bits per heavy atom. The van der Waals surface area contributed by atoms with Gasteiger partial charge in [0.25, 0.3) is 0 Å². The largest absolute Gasteiger partial charge is 0.467 e. The van der Waals surface area contributed by atoms with Crippen molar-refractivity contribution in [2.75, 3.05) is 20.8 Å². The summed E-state index contributed by atoms with van der Waals surface area (Å²) in [4.78, 5) is 23.8. The molecule has 0 N–H and O–H groups in total. The molecule has 2 rings (SSSR count). The van der Waals surface area contributed by atoms with E-state index in [2.05, 4.69) is 9.47 Å². The Labute approximate surface area is 98.4 Å². The molecule has 92 valence electrons. The molecule has 1 saturated heterocycles. The number of methoxy groups -OCH3 is 2. The maximum absolute atomic E-state index is 11.2. The Morgan fingerprint density at radius 2 is 2.18 bits per heavy atom. The fourth-order valence-corrected chi connectivity index (χ4v) is 1.63. The van der Waals surface area contributed by atoms with Crippen LogP contribution in [0.1, 0.15) is 0 Å². The second kappa shape index (κ2) is 4.58. The number of nitrogens with zero attached hydrogens (tertiary/aromatic N) is 1. The molecule has 0 aromatic carbocycles. The van der Waals surface area contributed by atoms with Gasteiger partial charge in [0, 0.05) is 12.7 Å². The number of hydrogen-bond acceptors (Lipinski definition) is 5. The lowest BCUT2D eigenvalue weighted by Gasteiger charge is -2.18. The zero-order valence-electron chi connectivity index (χ0n) is 9.58. The Hall–Kier alpha value is -1.82.